The van der Waals surface area contributed by atoms with E-state index < -0.39 is 11.3 Å². The number of nitrogens with zero attached hydrogens (tertiary/aromatic N) is 1. The SMILES string of the molecule is CC1(C(=O)N2C[C@@H](CN)[C@H](c3ccccc3)C2)CCC(F)(F)CC1. The smallest absolute Gasteiger partial charge is 0.248 e. The normalized spacial score (nSPS) is 28.8. The highest BCUT2D eigenvalue weighted by atomic mass is 19.3. The van der Waals surface area contributed by atoms with Gasteiger partial charge in [0.15, 0.2) is 0 Å². The fraction of sp³-hybridized carbons (Fsp3) is 0.632. The number of hydrogen-bond acceptors (Lipinski definition) is 2. The van der Waals surface area contributed by atoms with E-state index in [9.17, 15) is 13.6 Å². The Morgan fingerprint density at radius 3 is 2.38 bits per heavy atom. The van der Waals surface area contributed by atoms with Crippen molar-refractivity contribution in [2.45, 2.75) is 44.4 Å². The van der Waals surface area contributed by atoms with Gasteiger partial charge in [0.05, 0.1) is 0 Å². The van der Waals surface area contributed by atoms with Crippen LogP contribution in [0.1, 0.15) is 44.1 Å². The molecule has 1 saturated heterocycles. The first-order chi connectivity index (χ1) is 11.3. The van der Waals surface area contributed by atoms with E-state index in [4.69, 9.17) is 5.73 Å². The molecule has 132 valence electrons. The van der Waals surface area contributed by atoms with E-state index in [-0.39, 0.29) is 43.4 Å². The summed E-state index contributed by atoms with van der Waals surface area (Å²) in [7, 11) is 0. The third-order valence-electron chi connectivity index (χ3n) is 5.86. The summed E-state index contributed by atoms with van der Waals surface area (Å²) in [6.07, 6.45) is 0.147. The standard InChI is InChI=1S/C19H26F2N2O/c1-18(7-9-19(20,21)10-8-18)17(24)23-12-15(11-22)16(13-23)14-5-3-2-4-6-14/h2-6,15-16H,7-13,22H2,1H3/t15-,16+/m1/s1. The van der Waals surface area contributed by atoms with Crippen LogP contribution in [0, 0.1) is 11.3 Å². The summed E-state index contributed by atoms with van der Waals surface area (Å²) in [6.45, 7) is 3.63. The van der Waals surface area contributed by atoms with Gasteiger partial charge in [-0.05, 0) is 30.9 Å². The van der Waals surface area contributed by atoms with Crippen molar-refractivity contribution >= 4 is 5.91 Å². The molecule has 3 rings (SSSR count). The molecular formula is C19H26F2N2O. The zero-order chi connectivity index (χ0) is 17.4. The minimum absolute atomic E-state index is 0.0230. The van der Waals surface area contributed by atoms with Gasteiger partial charge >= 0.3 is 0 Å². The number of nitrogens with two attached hydrogens (primary N) is 1. The van der Waals surface area contributed by atoms with Crippen LogP contribution in [0.5, 0.6) is 0 Å². The zero-order valence-electron chi connectivity index (χ0n) is 14.2. The molecule has 1 aliphatic heterocycles. The average molecular weight is 336 g/mol. The van der Waals surface area contributed by atoms with Crippen molar-refractivity contribution in [1.29, 1.82) is 0 Å². The van der Waals surface area contributed by atoms with Crippen molar-refractivity contribution in [2.24, 2.45) is 17.1 Å². The Balaban J connectivity index is 1.72. The second kappa shape index (κ2) is 6.43. The van der Waals surface area contributed by atoms with Gasteiger partial charge in [0.1, 0.15) is 0 Å². The molecule has 0 radical (unpaired) electrons. The first-order valence-corrected chi connectivity index (χ1v) is 8.77. The lowest BCUT2D eigenvalue weighted by atomic mass is 9.73. The zero-order valence-corrected chi connectivity index (χ0v) is 14.2. The number of amides is 1. The summed E-state index contributed by atoms with van der Waals surface area (Å²) in [4.78, 5) is 14.9. The predicted molar refractivity (Wildman–Crippen MR) is 89.8 cm³/mol. The Hall–Kier alpha value is -1.49. The summed E-state index contributed by atoms with van der Waals surface area (Å²) in [5, 5.41) is 0. The number of hydrogen-bond donors (Lipinski definition) is 1. The van der Waals surface area contributed by atoms with Crippen LogP contribution in [0.25, 0.3) is 0 Å². The lowest BCUT2D eigenvalue weighted by Gasteiger charge is -2.38. The van der Waals surface area contributed by atoms with Crippen LogP contribution in [-0.2, 0) is 4.79 Å². The third kappa shape index (κ3) is 3.32. The number of likely N-dealkylation sites (tertiary alicyclic amines) is 1. The van der Waals surface area contributed by atoms with E-state index >= 15 is 0 Å². The molecule has 2 N–H and O–H groups in total. The highest BCUT2D eigenvalue weighted by Crippen LogP contribution is 2.45. The fourth-order valence-electron chi connectivity index (χ4n) is 4.12. The summed E-state index contributed by atoms with van der Waals surface area (Å²) < 4.78 is 26.9. The van der Waals surface area contributed by atoms with Crippen LogP contribution in [0.2, 0.25) is 0 Å². The first kappa shape index (κ1) is 17.3. The molecule has 1 saturated carbocycles. The molecule has 0 aromatic heterocycles. The van der Waals surface area contributed by atoms with Crippen molar-refractivity contribution in [3.63, 3.8) is 0 Å². The number of carbonyl (C=O) groups excluding carboxylic acids is 1. The Morgan fingerprint density at radius 2 is 1.79 bits per heavy atom. The quantitative estimate of drug-likeness (QED) is 0.919. The Kier molecular flexibility index (Phi) is 4.65. The lowest BCUT2D eigenvalue weighted by Crippen LogP contribution is -2.45. The summed E-state index contributed by atoms with van der Waals surface area (Å²) in [5.41, 5.74) is 6.47. The van der Waals surface area contributed by atoms with E-state index in [1.54, 1.807) is 0 Å². The number of alkyl halides is 2. The molecule has 0 bridgehead atoms. The van der Waals surface area contributed by atoms with E-state index in [0.29, 0.717) is 19.6 Å². The van der Waals surface area contributed by atoms with E-state index in [1.807, 2.05) is 30.0 Å². The van der Waals surface area contributed by atoms with Crippen molar-refractivity contribution < 1.29 is 13.6 Å². The molecule has 3 nitrogen and oxygen atoms in total. The first-order valence-electron chi connectivity index (χ1n) is 8.77. The molecule has 0 unspecified atom stereocenters. The molecule has 1 heterocycles. The largest absolute Gasteiger partial charge is 0.341 e. The Bertz CT molecular complexity index is 580. The second-order valence-corrected chi connectivity index (χ2v) is 7.64. The number of halogens is 2. The van der Waals surface area contributed by atoms with Gasteiger partial charge in [-0.15, -0.1) is 0 Å². The minimum atomic E-state index is -2.61. The Morgan fingerprint density at radius 1 is 1.17 bits per heavy atom. The van der Waals surface area contributed by atoms with Crippen molar-refractivity contribution in [1.82, 2.24) is 4.90 Å². The number of benzene rings is 1. The van der Waals surface area contributed by atoms with Gasteiger partial charge in [0, 0.05) is 37.3 Å². The van der Waals surface area contributed by atoms with Gasteiger partial charge in [0.25, 0.3) is 0 Å². The topological polar surface area (TPSA) is 46.3 Å². The lowest BCUT2D eigenvalue weighted by molar-refractivity contribution is -0.147. The van der Waals surface area contributed by atoms with Crippen molar-refractivity contribution in [3.8, 4) is 0 Å². The van der Waals surface area contributed by atoms with Gasteiger partial charge in [-0.1, -0.05) is 37.3 Å². The molecule has 1 amide bonds. The molecule has 0 spiro atoms. The molecule has 2 fully saturated rings. The maximum Gasteiger partial charge on any atom is 0.248 e. The minimum Gasteiger partial charge on any atom is -0.341 e. The van der Waals surface area contributed by atoms with Gasteiger partial charge in [-0.2, -0.15) is 0 Å². The number of carbonyl (C=O) groups is 1. The highest BCUT2D eigenvalue weighted by molar-refractivity contribution is 5.83. The van der Waals surface area contributed by atoms with E-state index in [2.05, 4.69) is 12.1 Å². The number of rotatable bonds is 3. The van der Waals surface area contributed by atoms with Gasteiger partial charge in [0.2, 0.25) is 11.8 Å². The fourth-order valence-corrected chi connectivity index (χ4v) is 4.12. The maximum absolute atomic E-state index is 13.4. The van der Waals surface area contributed by atoms with Crippen LogP contribution < -0.4 is 5.73 Å². The van der Waals surface area contributed by atoms with Crippen LogP contribution in [0.4, 0.5) is 8.78 Å². The monoisotopic (exact) mass is 336 g/mol. The summed E-state index contributed by atoms with van der Waals surface area (Å²) >= 11 is 0. The predicted octanol–water partition coefficient (Wildman–Crippen LogP) is 3.40. The van der Waals surface area contributed by atoms with Gasteiger partial charge < -0.3 is 10.6 Å². The molecule has 5 heteroatoms. The van der Waals surface area contributed by atoms with E-state index in [0.717, 1.165) is 0 Å². The second-order valence-electron chi connectivity index (χ2n) is 7.64. The van der Waals surface area contributed by atoms with E-state index in [1.165, 1.54) is 5.56 Å². The van der Waals surface area contributed by atoms with Crippen LogP contribution in [0.3, 0.4) is 0 Å². The van der Waals surface area contributed by atoms with Crippen LogP contribution in [-0.4, -0.2) is 36.4 Å². The Labute approximate surface area is 142 Å². The molecular weight excluding hydrogens is 310 g/mol. The molecule has 2 atom stereocenters. The van der Waals surface area contributed by atoms with Crippen molar-refractivity contribution in [2.75, 3.05) is 19.6 Å². The van der Waals surface area contributed by atoms with Gasteiger partial charge in [-0.3, -0.25) is 4.79 Å². The molecule has 2 aliphatic rings. The van der Waals surface area contributed by atoms with Gasteiger partial charge in [-0.25, -0.2) is 8.78 Å². The highest BCUT2D eigenvalue weighted by Gasteiger charge is 2.48. The van der Waals surface area contributed by atoms with Crippen molar-refractivity contribution in [3.05, 3.63) is 35.9 Å². The summed E-state index contributed by atoms with van der Waals surface area (Å²) in [6, 6.07) is 10.1. The third-order valence-corrected chi connectivity index (χ3v) is 5.86. The molecule has 1 aromatic rings. The molecule has 24 heavy (non-hydrogen) atoms. The van der Waals surface area contributed by atoms with Crippen LogP contribution in [0.15, 0.2) is 30.3 Å². The maximum atomic E-state index is 13.4. The van der Waals surface area contributed by atoms with Crippen LogP contribution >= 0.6 is 0 Å². The molecule has 1 aliphatic carbocycles. The summed E-state index contributed by atoms with van der Waals surface area (Å²) in [5.74, 6) is -2.13. The average Bonchev–Trinajstić information content (AvgIpc) is 3.02. The molecule has 1 aromatic carbocycles.